The zero-order valence-corrected chi connectivity index (χ0v) is 15.1. The Morgan fingerprint density at radius 3 is 2.14 bits per heavy atom. The summed E-state index contributed by atoms with van der Waals surface area (Å²) in [4.78, 5) is 2.69. The molecule has 3 nitrogen and oxygen atoms in total. The van der Waals surface area contributed by atoms with Crippen LogP contribution >= 0.6 is 0 Å². The molecule has 126 valence electrons. The predicted molar refractivity (Wildman–Crippen MR) is 91.9 cm³/mol. The summed E-state index contributed by atoms with van der Waals surface area (Å²) in [6.07, 6.45) is 6.39. The van der Waals surface area contributed by atoms with Gasteiger partial charge in [-0.05, 0) is 53.1 Å². The first-order valence-electron chi connectivity index (χ1n) is 8.96. The van der Waals surface area contributed by atoms with Crippen molar-refractivity contribution in [2.45, 2.75) is 72.3 Å². The summed E-state index contributed by atoms with van der Waals surface area (Å²) in [7, 11) is 0. The quantitative estimate of drug-likeness (QED) is 0.666. The minimum atomic E-state index is 0.188. The lowest BCUT2D eigenvalue weighted by Gasteiger charge is -2.37. The standard InChI is InChI=1S/C18H38N2O/c1-6-8-11-20(12-9-7-2)15-18(10-13-21-16-18)14-19-17(3,4)5/h19H,6-16H2,1-5H3. The van der Waals surface area contributed by atoms with Crippen molar-refractivity contribution in [3.63, 3.8) is 0 Å². The minimum absolute atomic E-state index is 0.188. The molecule has 0 saturated carbocycles. The van der Waals surface area contributed by atoms with Crippen LogP contribution in [0.2, 0.25) is 0 Å². The van der Waals surface area contributed by atoms with E-state index < -0.39 is 0 Å². The van der Waals surface area contributed by atoms with Gasteiger partial charge in [0, 0.05) is 30.7 Å². The average Bonchev–Trinajstić information content (AvgIpc) is 2.88. The number of nitrogens with zero attached hydrogens (tertiary/aromatic N) is 1. The third-order valence-corrected chi connectivity index (χ3v) is 4.39. The number of nitrogens with one attached hydrogen (secondary N) is 1. The van der Waals surface area contributed by atoms with Crippen molar-refractivity contribution in [2.24, 2.45) is 5.41 Å². The van der Waals surface area contributed by atoms with Gasteiger partial charge >= 0.3 is 0 Å². The number of unbranched alkanes of at least 4 members (excludes halogenated alkanes) is 2. The summed E-state index contributed by atoms with van der Waals surface area (Å²) in [5.74, 6) is 0. The Labute approximate surface area is 132 Å². The highest BCUT2D eigenvalue weighted by Gasteiger charge is 2.37. The molecule has 3 heteroatoms. The van der Waals surface area contributed by atoms with Gasteiger partial charge < -0.3 is 15.0 Å². The lowest BCUT2D eigenvalue weighted by atomic mass is 9.85. The van der Waals surface area contributed by atoms with Crippen molar-refractivity contribution in [2.75, 3.05) is 39.4 Å². The fourth-order valence-corrected chi connectivity index (χ4v) is 2.93. The smallest absolute Gasteiger partial charge is 0.0547 e. The van der Waals surface area contributed by atoms with Crippen LogP contribution in [0.5, 0.6) is 0 Å². The third-order valence-electron chi connectivity index (χ3n) is 4.39. The van der Waals surface area contributed by atoms with Crippen molar-refractivity contribution in [3.8, 4) is 0 Å². The van der Waals surface area contributed by atoms with Gasteiger partial charge in [-0.3, -0.25) is 0 Å². The molecule has 0 spiro atoms. The maximum atomic E-state index is 5.77. The predicted octanol–water partition coefficient (Wildman–Crippen LogP) is 3.68. The van der Waals surface area contributed by atoms with Crippen LogP contribution in [0, 0.1) is 5.41 Å². The Hall–Kier alpha value is -0.120. The highest BCUT2D eigenvalue weighted by atomic mass is 16.5. The molecule has 1 atom stereocenters. The van der Waals surface area contributed by atoms with Crippen LogP contribution in [0.3, 0.4) is 0 Å². The molecule has 0 aromatic carbocycles. The zero-order valence-electron chi connectivity index (χ0n) is 15.1. The van der Waals surface area contributed by atoms with Gasteiger partial charge in [0.15, 0.2) is 0 Å². The van der Waals surface area contributed by atoms with Gasteiger partial charge in [-0.15, -0.1) is 0 Å². The van der Waals surface area contributed by atoms with E-state index in [1.54, 1.807) is 0 Å². The first-order valence-corrected chi connectivity index (χ1v) is 8.96. The lowest BCUT2D eigenvalue weighted by molar-refractivity contribution is 0.101. The zero-order chi connectivity index (χ0) is 15.8. The van der Waals surface area contributed by atoms with Crippen LogP contribution in [-0.4, -0.2) is 49.8 Å². The van der Waals surface area contributed by atoms with Crippen molar-refractivity contribution >= 4 is 0 Å². The van der Waals surface area contributed by atoms with Gasteiger partial charge in [-0.25, -0.2) is 0 Å². The molecule has 1 saturated heterocycles. The van der Waals surface area contributed by atoms with E-state index in [1.165, 1.54) is 51.7 Å². The van der Waals surface area contributed by atoms with Crippen LogP contribution in [0.15, 0.2) is 0 Å². The van der Waals surface area contributed by atoms with Crippen LogP contribution in [0.1, 0.15) is 66.7 Å². The molecule has 1 unspecified atom stereocenters. The van der Waals surface area contributed by atoms with E-state index in [0.717, 1.165) is 19.8 Å². The molecule has 21 heavy (non-hydrogen) atoms. The summed E-state index contributed by atoms with van der Waals surface area (Å²) < 4.78 is 5.77. The second kappa shape index (κ2) is 9.12. The van der Waals surface area contributed by atoms with Crippen LogP contribution in [-0.2, 0) is 4.74 Å². The summed E-state index contributed by atoms with van der Waals surface area (Å²) in [6.45, 7) is 17.9. The fraction of sp³-hybridized carbons (Fsp3) is 1.00. The minimum Gasteiger partial charge on any atom is -0.381 e. The van der Waals surface area contributed by atoms with Gasteiger partial charge in [-0.2, -0.15) is 0 Å². The highest BCUT2D eigenvalue weighted by molar-refractivity contribution is 4.90. The maximum Gasteiger partial charge on any atom is 0.0547 e. The Bertz CT molecular complexity index is 259. The second-order valence-corrected chi connectivity index (χ2v) is 7.89. The van der Waals surface area contributed by atoms with Gasteiger partial charge in [0.05, 0.1) is 6.61 Å². The molecule has 1 aliphatic rings. The number of hydrogen-bond donors (Lipinski definition) is 1. The maximum absolute atomic E-state index is 5.77. The van der Waals surface area contributed by atoms with E-state index in [2.05, 4.69) is 44.8 Å². The normalized spacial score (nSPS) is 23.1. The number of hydrogen-bond acceptors (Lipinski definition) is 3. The molecule has 0 aliphatic carbocycles. The summed E-state index contributed by atoms with van der Waals surface area (Å²) in [5, 5.41) is 3.72. The highest BCUT2D eigenvalue weighted by Crippen LogP contribution is 2.30. The van der Waals surface area contributed by atoms with Crippen LogP contribution in [0.4, 0.5) is 0 Å². The van der Waals surface area contributed by atoms with Crippen LogP contribution in [0.25, 0.3) is 0 Å². The van der Waals surface area contributed by atoms with E-state index in [1.807, 2.05) is 0 Å². The first-order chi connectivity index (χ1) is 9.91. The molecule has 1 N–H and O–H groups in total. The van der Waals surface area contributed by atoms with Crippen molar-refractivity contribution in [1.29, 1.82) is 0 Å². The number of rotatable bonds is 10. The molecule has 0 amide bonds. The number of ether oxygens (including phenoxy) is 1. The van der Waals surface area contributed by atoms with E-state index in [4.69, 9.17) is 4.74 Å². The first kappa shape index (κ1) is 18.9. The second-order valence-electron chi connectivity index (χ2n) is 7.89. The summed E-state index contributed by atoms with van der Waals surface area (Å²) >= 11 is 0. The molecule has 1 rings (SSSR count). The molecule has 1 aliphatic heterocycles. The Morgan fingerprint density at radius 2 is 1.71 bits per heavy atom. The molecule has 0 bridgehead atoms. The third kappa shape index (κ3) is 7.62. The van der Waals surface area contributed by atoms with Gasteiger partial charge in [0.2, 0.25) is 0 Å². The average molecular weight is 299 g/mol. The van der Waals surface area contributed by atoms with E-state index >= 15 is 0 Å². The van der Waals surface area contributed by atoms with E-state index in [0.29, 0.717) is 5.41 Å². The molecule has 0 radical (unpaired) electrons. The molecular weight excluding hydrogens is 260 g/mol. The topological polar surface area (TPSA) is 24.5 Å². The largest absolute Gasteiger partial charge is 0.381 e. The van der Waals surface area contributed by atoms with Gasteiger partial charge in [-0.1, -0.05) is 26.7 Å². The Morgan fingerprint density at radius 1 is 1.10 bits per heavy atom. The molecule has 0 aromatic heterocycles. The van der Waals surface area contributed by atoms with E-state index in [9.17, 15) is 0 Å². The van der Waals surface area contributed by atoms with Crippen molar-refractivity contribution in [3.05, 3.63) is 0 Å². The Kier molecular flexibility index (Phi) is 8.22. The van der Waals surface area contributed by atoms with Gasteiger partial charge in [0.1, 0.15) is 0 Å². The van der Waals surface area contributed by atoms with E-state index in [-0.39, 0.29) is 5.54 Å². The van der Waals surface area contributed by atoms with Crippen LogP contribution < -0.4 is 5.32 Å². The summed E-state index contributed by atoms with van der Waals surface area (Å²) in [5.41, 5.74) is 0.502. The Balaban J connectivity index is 2.59. The molecule has 1 heterocycles. The fourth-order valence-electron chi connectivity index (χ4n) is 2.93. The van der Waals surface area contributed by atoms with Gasteiger partial charge in [0.25, 0.3) is 0 Å². The molecule has 1 fully saturated rings. The monoisotopic (exact) mass is 298 g/mol. The SMILES string of the molecule is CCCCN(CCCC)CC1(CNC(C)(C)C)CCOC1. The summed E-state index contributed by atoms with van der Waals surface area (Å²) in [6, 6.07) is 0. The molecular formula is C18H38N2O. The van der Waals surface area contributed by atoms with Crippen molar-refractivity contribution in [1.82, 2.24) is 10.2 Å². The lowest BCUT2D eigenvalue weighted by Crippen LogP contribution is -2.49. The molecule has 0 aromatic rings. The van der Waals surface area contributed by atoms with Crippen molar-refractivity contribution < 1.29 is 4.74 Å².